The highest BCUT2D eigenvalue weighted by Crippen LogP contribution is 1.57. The first kappa shape index (κ1) is 9.85. The second-order valence-corrected chi connectivity index (χ2v) is 2.56. The monoisotopic (exact) mass is 174 g/mol. The Morgan fingerprint density at radius 2 is 0.500 bits per heavy atom. The third-order valence-corrected chi connectivity index (χ3v) is 1.50. The number of hydrogen-bond acceptors (Lipinski definition) is 6. The van der Waals surface area contributed by atoms with Crippen LogP contribution in [0.25, 0.3) is 0 Å². The van der Waals surface area contributed by atoms with Crippen LogP contribution in [0, 0.1) is 0 Å². The van der Waals surface area contributed by atoms with E-state index in [1.54, 1.807) is 0 Å². The van der Waals surface area contributed by atoms with Gasteiger partial charge in [-0.1, -0.05) is 0 Å². The third-order valence-electron chi connectivity index (χ3n) is 1.50. The van der Waals surface area contributed by atoms with Gasteiger partial charge in [0.1, 0.15) is 0 Å². The average molecular weight is 174 g/mol. The van der Waals surface area contributed by atoms with Crippen LogP contribution in [0.5, 0.6) is 0 Å². The fourth-order valence-electron chi connectivity index (χ4n) is 0.905. The lowest BCUT2D eigenvalue weighted by molar-refractivity contribution is 0.443. The van der Waals surface area contributed by atoms with Gasteiger partial charge in [0.25, 0.3) is 0 Å². The lowest BCUT2D eigenvalue weighted by Crippen LogP contribution is -2.47. The van der Waals surface area contributed by atoms with E-state index in [0.29, 0.717) is 0 Å². The first-order valence-electron chi connectivity index (χ1n) is 4.24. The van der Waals surface area contributed by atoms with Crippen LogP contribution in [0.3, 0.4) is 0 Å². The van der Waals surface area contributed by atoms with E-state index >= 15 is 0 Å². The third kappa shape index (κ3) is 5.42. The van der Waals surface area contributed by atoms with Crippen LogP contribution in [-0.2, 0) is 0 Å². The molecule has 2 aliphatic heterocycles. The molecule has 72 valence electrons. The van der Waals surface area contributed by atoms with Crippen molar-refractivity contribution in [3.8, 4) is 0 Å². The minimum Gasteiger partial charge on any atom is -0.292 e. The van der Waals surface area contributed by atoms with Crippen LogP contribution in [0.15, 0.2) is 0 Å². The van der Waals surface area contributed by atoms with E-state index in [0.717, 1.165) is 40.0 Å². The fraction of sp³-hybridized carbons (Fsp3) is 1.00. The summed E-state index contributed by atoms with van der Waals surface area (Å²) in [5.74, 6) is 0. The Labute approximate surface area is 72.9 Å². The Kier molecular flexibility index (Phi) is 6.08. The van der Waals surface area contributed by atoms with Crippen LogP contribution >= 0.6 is 0 Å². The molecular weight excluding hydrogens is 156 g/mol. The molecule has 0 aromatic carbocycles. The second-order valence-electron chi connectivity index (χ2n) is 2.56. The molecule has 6 nitrogen and oxygen atoms in total. The molecule has 0 aromatic rings. The van der Waals surface area contributed by atoms with Crippen molar-refractivity contribution in [2.24, 2.45) is 0 Å². The predicted octanol–water partition coefficient (Wildman–Crippen LogP) is -2.72. The van der Waals surface area contributed by atoms with E-state index in [9.17, 15) is 0 Å². The Hall–Kier alpha value is -0.240. The van der Waals surface area contributed by atoms with E-state index in [1.807, 2.05) is 0 Å². The van der Waals surface area contributed by atoms with Gasteiger partial charge in [0.15, 0.2) is 0 Å². The molecule has 2 heterocycles. The Bertz CT molecular complexity index is 55.0. The highest BCUT2D eigenvalue weighted by molar-refractivity contribution is 4.49. The van der Waals surface area contributed by atoms with Gasteiger partial charge in [-0.2, -0.15) is 0 Å². The van der Waals surface area contributed by atoms with Crippen LogP contribution in [-0.4, -0.2) is 40.0 Å². The van der Waals surface area contributed by atoms with Crippen molar-refractivity contribution >= 4 is 0 Å². The van der Waals surface area contributed by atoms with E-state index in [2.05, 4.69) is 31.9 Å². The summed E-state index contributed by atoms with van der Waals surface area (Å²) in [5, 5.41) is 18.4. The zero-order chi connectivity index (χ0) is 8.49. The van der Waals surface area contributed by atoms with Crippen LogP contribution < -0.4 is 31.9 Å². The minimum absolute atomic E-state index is 0.938. The van der Waals surface area contributed by atoms with E-state index in [1.165, 1.54) is 0 Å². The van der Waals surface area contributed by atoms with E-state index in [4.69, 9.17) is 0 Å². The summed E-state index contributed by atoms with van der Waals surface area (Å²) in [5.41, 5.74) is 0. The van der Waals surface area contributed by atoms with Gasteiger partial charge >= 0.3 is 0 Å². The molecule has 2 aliphatic rings. The van der Waals surface area contributed by atoms with Crippen LogP contribution in [0.1, 0.15) is 0 Å². The highest BCUT2D eigenvalue weighted by Gasteiger charge is 1.89. The van der Waals surface area contributed by atoms with Gasteiger partial charge in [-0.25, -0.2) is 0 Å². The van der Waals surface area contributed by atoms with E-state index in [-0.39, 0.29) is 0 Å². The van der Waals surface area contributed by atoms with Gasteiger partial charge in [-0.3, -0.25) is 31.9 Å². The minimum atomic E-state index is 0.938. The van der Waals surface area contributed by atoms with Crippen molar-refractivity contribution in [1.82, 2.24) is 31.9 Å². The van der Waals surface area contributed by atoms with Crippen LogP contribution in [0.2, 0.25) is 0 Å². The zero-order valence-electron chi connectivity index (χ0n) is 7.24. The van der Waals surface area contributed by atoms with Gasteiger partial charge < -0.3 is 0 Å². The van der Waals surface area contributed by atoms with Crippen molar-refractivity contribution in [2.75, 3.05) is 40.0 Å². The Morgan fingerprint density at radius 3 is 0.583 bits per heavy atom. The lowest BCUT2D eigenvalue weighted by atomic mass is 10.8. The smallest absolute Gasteiger partial charge is 0.0474 e. The van der Waals surface area contributed by atoms with Crippen molar-refractivity contribution < 1.29 is 0 Å². The molecule has 0 atom stereocenters. The summed E-state index contributed by atoms with van der Waals surface area (Å²) >= 11 is 0. The molecule has 12 heavy (non-hydrogen) atoms. The summed E-state index contributed by atoms with van der Waals surface area (Å²) in [7, 11) is 0. The van der Waals surface area contributed by atoms with Gasteiger partial charge in [0.05, 0.1) is 0 Å². The quantitative estimate of drug-likeness (QED) is 0.240. The number of hydrogen-bond donors (Lipinski definition) is 6. The molecule has 6 N–H and O–H groups in total. The van der Waals surface area contributed by atoms with Crippen molar-refractivity contribution in [3.63, 3.8) is 0 Å². The Morgan fingerprint density at radius 1 is 0.333 bits per heavy atom. The summed E-state index contributed by atoms with van der Waals surface area (Å²) in [6, 6.07) is 0. The highest BCUT2D eigenvalue weighted by atomic mass is 15.3. The zero-order valence-corrected chi connectivity index (χ0v) is 7.24. The lowest BCUT2D eigenvalue weighted by Gasteiger charge is -2.13. The molecule has 6 heteroatoms. The maximum Gasteiger partial charge on any atom is 0.0474 e. The molecule has 0 aromatic heterocycles. The summed E-state index contributed by atoms with van der Waals surface area (Å²) in [6.45, 7) is 5.62. The molecule has 2 rings (SSSR count). The van der Waals surface area contributed by atoms with Gasteiger partial charge in [-0.05, 0) is 0 Å². The molecule has 0 amide bonds. The molecule has 0 radical (unpaired) electrons. The molecule has 0 aliphatic carbocycles. The number of rotatable bonds is 0. The van der Waals surface area contributed by atoms with Gasteiger partial charge in [0.2, 0.25) is 0 Å². The maximum atomic E-state index is 3.06. The van der Waals surface area contributed by atoms with E-state index < -0.39 is 0 Å². The van der Waals surface area contributed by atoms with Crippen molar-refractivity contribution in [1.29, 1.82) is 0 Å². The molecule has 0 saturated carbocycles. The molecular formula is C6H18N6. The maximum absolute atomic E-state index is 3.06. The largest absolute Gasteiger partial charge is 0.292 e. The van der Waals surface area contributed by atoms with Crippen molar-refractivity contribution in [3.05, 3.63) is 0 Å². The molecule has 2 fully saturated rings. The first-order chi connectivity index (χ1) is 6.00. The Balaban J connectivity index is 0.000000120. The summed E-state index contributed by atoms with van der Waals surface area (Å²) in [6.07, 6.45) is 0. The first-order valence-corrected chi connectivity index (χ1v) is 4.24. The summed E-state index contributed by atoms with van der Waals surface area (Å²) < 4.78 is 0. The average Bonchev–Trinajstić information content (AvgIpc) is 2.24. The topological polar surface area (TPSA) is 72.2 Å². The molecule has 2 saturated heterocycles. The normalized spacial score (nSPS) is 24.0. The molecule has 0 unspecified atom stereocenters. The standard InChI is InChI=1S/2C3H9N3/c2*1-4-2-6-3-5-1/h2*4-6H,1-3H2. The van der Waals surface area contributed by atoms with Gasteiger partial charge in [-0.15, -0.1) is 0 Å². The molecule has 0 spiro atoms. The molecule has 0 bridgehead atoms. The number of nitrogens with one attached hydrogen (secondary N) is 6. The fourth-order valence-corrected chi connectivity index (χ4v) is 0.905. The summed E-state index contributed by atoms with van der Waals surface area (Å²) in [4.78, 5) is 0. The predicted molar refractivity (Wildman–Crippen MR) is 48.0 cm³/mol. The van der Waals surface area contributed by atoms with Gasteiger partial charge in [0, 0.05) is 40.0 Å². The second kappa shape index (κ2) is 7.41. The van der Waals surface area contributed by atoms with Crippen molar-refractivity contribution in [2.45, 2.75) is 0 Å². The SMILES string of the molecule is C1NCNCN1.C1NCNCN1. The van der Waals surface area contributed by atoms with Crippen LogP contribution in [0.4, 0.5) is 0 Å².